The SMILES string of the molecule is CCC(=O)N1CCC2CCCC(CN(C(=O)CCc3cnn(C)c3)Cc3ccccc31)N2CCC(C)C. The topological polar surface area (TPSA) is 61.7 Å². The molecule has 0 spiro atoms. The number of anilines is 1. The van der Waals surface area contributed by atoms with Gasteiger partial charge in [-0.15, -0.1) is 0 Å². The van der Waals surface area contributed by atoms with Crippen molar-refractivity contribution >= 4 is 17.5 Å². The molecule has 2 unspecified atom stereocenters. The first-order chi connectivity index (χ1) is 17.9. The number of carbonyl (C=O) groups is 2. The van der Waals surface area contributed by atoms with Crippen LogP contribution in [0.1, 0.15) is 76.8 Å². The average Bonchev–Trinajstić information content (AvgIpc) is 3.31. The van der Waals surface area contributed by atoms with Crippen LogP contribution in [0, 0.1) is 5.92 Å². The van der Waals surface area contributed by atoms with Crippen molar-refractivity contribution < 1.29 is 9.59 Å². The van der Waals surface area contributed by atoms with Crippen LogP contribution in [-0.2, 0) is 29.6 Å². The lowest BCUT2D eigenvalue weighted by Crippen LogP contribution is -2.53. The van der Waals surface area contributed by atoms with E-state index in [9.17, 15) is 9.59 Å². The number of benzene rings is 1. The first kappa shape index (κ1) is 27.4. The van der Waals surface area contributed by atoms with Crippen molar-refractivity contribution in [3.63, 3.8) is 0 Å². The molecule has 2 aromatic rings. The molecule has 2 bridgehead atoms. The Bertz CT molecular complexity index is 1050. The van der Waals surface area contributed by atoms with Crippen LogP contribution in [0.25, 0.3) is 0 Å². The summed E-state index contributed by atoms with van der Waals surface area (Å²) >= 11 is 0. The van der Waals surface area contributed by atoms with Crippen molar-refractivity contribution in [2.24, 2.45) is 13.0 Å². The average molecular weight is 508 g/mol. The predicted octanol–water partition coefficient (Wildman–Crippen LogP) is 4.80. The molecule has 7 nitrogen and oxygen atoms in total. The van der Waals surface area contributed by atoms with E-state index in [4.69, 9.17) is 0 Å². The molecule has 202 valence electrons. The monoisotopic (exact) mass is 507 g/mol. The van der Waals surface area contributed by atoms with Crippen molar-refractivity contribution in [3.05, 3.63) is 47.8 Å². The quantitative estimate of drug-likeness (QED) is 0.540. The van der Waals surface area contributed by atoms with Crippen LogP contribution in [-0.4, -0.2) is 63.1 Å². The Morgan fingerprint density at radius 1 is 1.08 bits per heavy atom. The summed E-state index contributed by atoms with van der Waals surface area (Å²) in [4.78, 5) is 33.6. The van der Waals surface area contributed by atoms with Gasteiger partial charge in [0, 0.05) is 63.5 Å². The molecule has 2 amide bonds. The second-order valence-electron chi connectivity index (χ2n) is 11.3. The number of rotatable bonds is 7. The van der Waals surface area contributed by atoms with Gasteiger partial charge in [0.05, 0.1) is 6.20 Å². The Labute approximate surface area is 222 Å². The summed E-state index contributed by atoms with van der Waals surface area (Å²) in [6, 6.07) is 8.99. The van der Waals surface area contributed by atoms with Gasteiger partial charge in [0.25, 0.3) is 0 Å². The molecule has 0 aliphatic carbocycles. The van der Waals surface area contributed by atoms with E-state index in [1.54, 1.807) is 4.68 Å². The predicted molar refractivity (Wildman–Crippen MR) is 148 cm³/mol. The highest BCUT2D eigenvalue weighted by Gasteiger charge is 2.34. The number of fused-ring (bicyclic) bond motifs is 3. The van der Waals surface area contributed by atoms with Crippen LogP contribution in [0.5, 0.6) is 0 Å². The molecule has 7 heteroatoms. The van der Waals surface area contributed by atoms with Gasteiger partial charge in [0.2, 0.25) is 11.8 Å². The molecular formula is C30H45N5O2. The van der Waals surface area contributed by atoms with Crippen molar-refractivity contribution in [2.75, 3.05) is 24.5 Å². The Balaban J connectivity index is 1.66. The number of aromatic nitrogens is 2. The van der Waals surface area contributed by atoms with Crippen LogP contribution in [0.4, 0.5) is 5.69 Å². The first-order valence-electron chi connectivity index (χ1n) is 14.2. The van der Waals surface area contributed by atoms with Gasteiger partial charge in [0.15, 0.2) is 0 Å². The number of amides is 2. The molecule has 1 saturated heterocycles. The molecular weight excluding hydrogens is 462 g/mol. The summed E-state index contributed by atoms with van der Waals surface area (Å²) in [6.45, 7) is 9.58. The molecule has 1 aromatic heterocycles. The lowest BCUT2D eigenvalue weighted by atomic mass is 9.92. The molecule has 1 fully saturated rings. The largest absolute Gasteiger partial charge is 0.337 e. The molecule has 4 rings (SSSR count). The Morgan fingerprint density at radius 2 is 1.86 bits per heavy atom. The number of aryl methyl sites for hydroxylation is 2. The van der Waals surface area contributed by atoms with Crippen LogP contribution in [0.15, 0.2) is 36.7 Å². The zero-order chi connectivity index (χ0) is 26.4. The number of carbonyl (C=O) groups excluding carboxylic acids is 2. The smallest absolute Gasteiger partial charge is 0.226 e. The lowest BCUT2D eigenvalue weighted by molar-refractivity contribution is -0.133. The molecule has 0 N–H and O–H groups in total. The van der Waals surface area contributed by atoms with Gasteiger partial charge in [-0.3, -0.25) is 19.2 Å². The van der Waals surface area contributed by atoms with E-state index in [0.717, 1.165) is 55.7 Å². The number of nitrogens with zero attached hydrogens (tertiary/aromatic N) is 5. The number of hydrogen-bond acceptors (Lipinski definition) is 4. The summed E-state index contributed by atoms with van der Waals surface area (Å²) in [5, 5.41) is 4.26. The summed E-state index contributed by atoms with van der Waals surface area (Å²) in [7, 11) is 1.91. The second kappa shape index (κ2) is 12.7. The Hall–Kier alpha value is -2.67. The highest BCUT2D eigenvalue weighted by Crippen LogP contribution is 2.31. The standard InChI is InChI=1S/C30H45N5O2/c1-5-29(36)35-18-16-26-10-8-11-27(34(26)17-15-23(2)3)22-33(21-25-9-6-7-12-28(25)35)30(37)14-13-24-19-31-32(4)20-24/h6-7,9,12,19-20,23,26-27H,5,8,10-11,13-18,21-22H2,1-4H3. The zero-order valence-electron chi connectivity index (χ0n) is 23.2. The molecule has 0 radical (unpaired) electrons. The highest BCUT2D eigenvalue weighted by molar-refractivity contribution is 5.94. The van der Waals surface area contributed by atoms with E-state index in [-0.39, 0.29) is 11.8 Å². The van der Waals surface area contributed by atoms with Gasteiger partial charge in [-0.05, 0) is 61.8 Å². The number of hydrogen-bond donors (Lipinski definition) is 0. The molecule has 1 aromatic carbocycles. The van der Waals surface area contributed by atoms with Crippen molar-refractivity contribution in [3.8, 4) is 0 Å². The minimum absolute atomic E-state index is 0.155. The van der Waals surface area contributed by atoms with Crippen molar-refractivity contribution in [1.82, 2.24) is 19.6 Å². The summed E-state index contributed by atoms with van der Waals surface area (Å²) in [6.07, 6.45) is 11.1. The third-order valence-corrected chi connectivity index (χ3v) is 8.08. The van der Waals surface area contributed by atoms with Crippen LogP contribution in [0.3, 0.4) is 0 Å². The summed E-state index contributed by atoms with van der Waals surface area (Å²) < 4.78 is 1.79. The lowest BCUT2D eigenvalue weighted by Gasteiger charge is -2.44. The maximum absolute atomic E-state index is 13.7. The molecule has 0 saturated carbocycles. The van der Waals surface area contributed by atoms with Crippen LogP contribution in [0.2, 0.25) is 0 Å². The minimum Gasteiger partial charge on any atom is -0.337 e. The highest BCUT2D eigenvalue weighted by atomic mass is 16.2. The van der Waals surface area contributed by atoms with E-state index < -0.39 is 0 Å². The maximum atomic E-state index is 13.7. The molecule has 2 atom stereocenters. The van der Waals surface area contributed by atoms with Gasteiger partial charge < -0.3 is 9.80 Å². The van der Waals surface area contributed by atoms with Gasteiger partial charge >= 0.3 is 0 Å². The fraction of sp³-hybridized carbons (Fsp3) is 0.633. The van der Waals surface area contributed by atoms with E-state index in [1.807, 2.05) is 43.4 Å². The third-order valence-electron chi connectivity index (χ3n) is 8.08. The fourth-order valence-corrected chi connectivity index (χ4v) is 5.98. The van der Waals surface area contributed by atoms with Gasteiger partial charge in [0.1, 0.15) is 0 Å². The summed E-state index contributed by atoms with van der Waals surface area (Å²) in [5.41, 5.74) is 3.11. The third kappa shape index (κ3) is 7.01. The van der Waals surface area contributed by atoms with Crippen LogP contribution >= 0.6 is 0 Å². The van der Waals surface area contributed by atoms with E-state index in [2.05, 4.69) is 40.9 Å². The summed E-state index contributed by atoms with van der Waals surface area (Å²) in [5.74, 6) is 0.970. The minimum atomic E-state index is 0.155. The molecule has 2 aliphatic rings. The normalized spacial score (nSPS) is 21.0. The van der Waals surface area contributed by atoms with Gasteiger partial charge in [-0.25, -0.2) is 0 Å². The van der Waals surface area contributed by atoms with Crippen molar-refractivity contribution in [1.29, 1.82) is 0 Å². The van der Waals surface area contributed by atoms with Gasteiger partial charge in [-0.1, -0.05) is 45.4 Å². The van der Waals surface area contributed by atoms with E-state index in [0.29, 0.717) is 43.8 Å². The first-order valence-corrected chi connectivity index (χ1v) is 14.2. The Morgan fingerprint density at radius 3 is 2.59 bits per heavy atom. The van der Waals surface area contributed by atoms with E-state index >= 15 is 0 Å². The molecule has 37 heavy (non-hydrogen) atoms. The van der Waals surface area contributed by atoms with Crippen LogP contribution < -0.4 is 4.90 Å². The molecule has 3 heterocycles. The van der Waals surface area contributed by atoms with E-state index in [1.165, 1.54) is 12.8 Å². The maximum Gasteiger partial charge on any atom is 0.226 e. The Kier molecular flexibility index (Phi) is 9.41. The van der Waals surface area contributed by atoms with Gasteiger partial charge in [-0.2, -0.15) is 5.10 Å². The number of piperidine rings is 1. The second-order valence-corrected chi connectivity index (χ2v) is 11.3. The van der Waals surface area contributed by atoms with Crippen molar-refractivity contribution in [2.45, 2.75) is 90.8 Å². The zero-order valence-corrected chi connectivity index (χ0v) is 23.2. The number of para-hydroxylation sites is 1. The fourth-order valence-electron chi connectivity index (χ4n) is 5.98. The molecule has 2 aliphatic heterocycles.